The van der Waals surface area contributed by atoms with Crippen LogP contribution in [0.1, 0.15) is 27.1 Å². The molecule has 2 aromatic carbocycles. The molecule has 0 aliphatic carbocycles. The first-order valence-electron chi connectivity index (χ1n) is 9.96. The molecule has 1 heterocycles. The summed E-state index contributed by atoms with van der Waals surface area (Å²) in [6.07, 6.45) is -0.0211. The van der Waals surface area contributed by atoms with Gasteiger partial charge in [-0.3, -0.25) is 9.59 Å². The van der Waals surface area contributed by atoms with Gasteiger partial charge in [0.25, 0.3) is 0 Å². The van der Waals surface area contributed by atoms with E-state index in [0.717, 1.165) is 0 Å². The van der Waals surface area contributed by atoms with E-state index in [0.29, 0.717) is 17.2 Å². The molecule has 33 heavy (non-hydrogen) atoms. The van der Waals surface area contributed by atoms with Crippen molar-refractivity contribution < 1.29 is 38.1 Å². The lowest BCUT2D eigenvalue weighted by Gasteiger charge is -2.20. The van der Waals surface area contributed by atoms with Crippen LogP contribution in [0.5, 0.6) is 11.5 Å². The Kier molecular flexibility index (Phi) is 7.17. The molecule has 3 rings (SSSR count). The summed E-state index contributed by atoms with van der Waals surface area (Å²) in [5.74, 6) is -1.70. The summed E-state index contributed by atoms with van der Waals surface area (Å²) in [5, 5.41) is 2.68. The summed E-state index contributed by atoms with van der Waals surface area (Å²) in [6, 6.07) is 9.13. The molecule has 0 bridgehead atoms. The average molecular weight is 456 g/mol. The van der Waals surface area contributed by atoms with E-state index in [1.54, 1.807) is 18.2 Å². The fraction of sp³-hybridized carbons (Fsp3) is 0.304. The van der Waals surface area contributed by atoms with Crippen LogP contribution in [0.25, 0.3) is 0 Å². The number of hydrogen-bond acceptors (Lipinski definition) is 8. The van der Waals surface area contributed by atoms with Crippen LogP contribution in [-0.2, 0) is 19.1 Å². The van der Waals surface area contributed by atoms with Gasteiger partial charge in [-0.2, -0.15) is 0 Å². The highest BCUT2D eigenvalue weighted by Gasteiger charge is 2.36. The number of nitrogens with zero attached hydrogens (tertiary/aromatic N) is 1. The number of amides is 2. The van der Waals surface area contributed by atoms with Gasteiger partial charge in [0.2, 0.25) is 11.8 Å². The summed E-state index contributed by atoms with van der Waals surface area (Å²) >= 11 is 0. The Balaban J connectivity index is 1.83. The normalized spacial score (nSPS) is 15.1. The Morgan fingerprint density at radius 1 is 0.909 bits per heavy atom. The van der Waals surface area contributed by atoms with Crippen LogP contribution in [0.4, 0.5) is 11.4 Å². The first-order chi connectivity index (χ1) is 15.8. The zero-order valence-corrected chi connectivity index (χ0v) is 18.7. The van der Waals surface area contributed by atoms with Crippen molar-refractivity contribution in [3.05, 3.63) is 47.5 Å². The lowest BCUT2D eigenvalue weighted by atomic mass is 10.1. The maximum absolute atomic E-state index is 12.9. The summed E-state index contributed by atoms with van der Waals surface area (Å²) in [5.41, 5.74) is 0.841. The molecule has 1 aliphatic heterocycles. The molecule has 1 atom stereocenters. The Morgan fingerprint density at radius 3 is 2.09 bits per heavy atom. The minimum Gasteiger partial charge on any atom is -0.497 e. The number of anilines is 2. The predicted octanol–water partition coefficient (Wildman–Crippen LogP) is 2.27. The van der Waals surface area contributed by atoms with Crippen molar-refractivity contribution >= 4 is 35.1 Å². The predicted molar refractivity (Wildman–Crippen MR) is 118 cm³/mol. The SMILES string of the molecule is COC(=O)c1cc(NC(=O)C2CC(=O)N(c3cc(OC)ccc3OC)C2)cc(C(=O)OC)c1. The first-order valence-corrected chi connectivity index (χ1v) is 9.96. The highest BCUT2D eigenvalue weighted by molar-refractivity contribution is 6.05. The minimum atomic E-state index is -0.677. The number of nitrogens with one attached hydrogen (secondary N) is 1. The van der Waals surface area contributed by atoms with Gasteiger partial charge >= 0.3 is 11.9 Å². The molecule has 0 spiro atoms. The quantitative estimate of drug-likeness (QED) is 0.630. The molecular weight excluding hydrogens is 432 g/mol. The second-order valence-electron chi connectivity index (χ2n) is 7.21. The van der Waals surface area contributed by atoms with E-state index in [-0.39, 0.29) is 35.7 Å². The minimum absolute atomic E-state index is 0.0211. The standard InChI is InChI=1S/C23H24N2O8/c1-30-17-5-6-19(31-2)18(11-17)25-12-15(10-20(25)26)21(27)24-16-8-13(22(28)32-3)7-14(9-16)23(29)33-4/h5-9,11,15H,10,12H2,1-4H3,(H,24,27). The van der Waals surface area contributed by atoms with Crippen molar-refractivity contribution in [2.75, 3.05) is 45.2 Å². The molecular formula is C23H24N2O8. The lowest BCUT2D eigenvalue weighted by Crippen LogP contribution is -2.28. The molecule has 1 fully saturated rings. The molecule has 10 heteroatoms. The topological polar surface area (TPSA) is 120 Å². The smallest absolute Gasteiger partial charge is 0.337 e. The van der Waals surface area contributed by atoms with Crippen molar-refractivity contribution in [1.82, 2.24) is 0 Å². The maximum Gasteiger partial charge on any atom is 0.337 e. The summed E-state index contributed by atoms with van der Waals surface area (Å²) in [4.78, 5) is 51.0. The van der Waals surface area contributed by atoms with Crippen LogP contribution in [0.15, 0.2) is 36.4 Å². The van der Waals surface area contributed by atoms with Gasteiger partial charge in [0.15, 0.2) is 0 Å². The van der Waals surface area contributed by atoms with Crippen LogP contribution in [0, 0.1) is 5.92 Å². The van der Waals surface area contributed by atoms with E-state index >= 15 is 0 Å². The van der Waals surface area contributed by atoms with Crippen molar-refractivity contribution in [3.63, 3.8) is 0 Å². The summed E-state index contributed by atoms with van der Waals surface area (Å²) < 4.78 is 20.0. The zero-order valence-electron chi connectivity index (χ0n) is 18.7. The number of esters is 2. The molecule has 2 aromatic rings. The first kappa shape index (κ1) is 23.6. The third kappa shape index (κ3) is 5.05. The van der Waals surface area contributed by atoms with Gasteiger partial charge in [-0.1, -0.05) is 0 Å². The Morgan fingerprint density at radius 2 is 1.55 bits per heavy atom. The summed E-state index contributed by atoms with van der Waals surface area (Å²) in [7, 11) is 5.41. The molecule has 0 saturated carbocycles. The van der Waals surface area contributed by atoms with Gasteiger partial charge in [0.1, 0.15) is 11.5 Å². The van der Waals surface area contributed by atoms with Crippen molar-refractivity contribution in [2.45, 2.75) is 6.42 Å². The molecule has 0 aromatic heterocycles. The molecule has 0 radical (unpaired) electrons. The number of carbonyl (C=O) groups is 4. The second-order valence-corrected chi connectivity index (χ2v) is 7.21. The van der Waals surface area contributed by atoms with E-state index in [9.17, 15) is 19.2 Å². The van der Waals surface area contributed by atoms with E-state index in [1.165, 1.54) is 51.5 Å². The number of methoxy groups -OCH3 is 4. The van der Waals surface area contributed by atoms with Crippen molar-refractivity contribution in [2.24, 2.45) is 5.92 Å². The van der Waals surface area contributed by atoms with Gasteiger partial charge < -0.3 is 29.2 Å². The van der Waals surface area contributed by atoms with E-state index in [1.807, 2.05) is 0 Å². The Hall–Kier alpha value is -4.08. The number of hydrogen-bond donors (Lipinski definition) is 1. The lowest BCUT2D eigenvalue weighted by molar-refractivity contribution is -0.122. The van der Waals surface area contributed by atoms with Crippen LogP contribution in [0.2, 0.25) is 0 Å². The monoisotopic (exact) mass is 456 g/mol. The fourth-order valence-electron chi connectivity index (χ4n) is 3.54. The van der Waals surface area contributed by atoms with Crippen molar-refractivity contribution in [3.8, 4) is 11.5 Å². The number of carbonyl (C=O) groups excluding carboxylic acids is 4. The maximum atomic E-state index is 12.9. The van der Waals surface area contributed by atoms with Crippen LogP contribution in [0.3, 0.4) is 0 Å². The van der Waals surface area contributed by atoms with Gasteiger partial charge in [-0.15, -0.1) is 0 Å². The third-order valence-corrected chi connectivity index (χ3v) is 5.22. The number of ether oxygens (including phenoxy) is 4. The van der Waals surface area contributed by atoms with Gasteiger partial charge in [-0.05, 0) is 30.3 Å². The van der Waals surface area contributed by atoms with Gasteiger partial charge in [0.05, 0.1) is 51.2 Å². The molecule has 10 nitrogen and oxygen atoms in total. The molecule has 1 unspecified atom stereocenters. The van der Waals surface area contributed by atoms with Crippen LogP contribution >= 0.6 is 0 Å². The third-order valence-electron chi connectivity index (χ3n) is 5.22. The van der Waals surface area contributed by atoms with E-state index in [2.05, 4.69) is 5.32 Å². The van der Waals surface area contributed by atoms with Gasteiger partial charge in [-0.25, -0.2) is 9.59 Å². The molecule has 1 N–H and O–H groups in total. The molecule has 1 aliphatic rings. The number of benzene rings is 2. The van der Waals surface area contributed by atoms with Crippen molar-refractivity contribution in [1.29, 1.82) is 0 Å². The second kappa shape index (κ2) is 10.0. The molecule has 174 valence electrons. The van der Waals surface area contributed by atoms with Crippen LogP contribution < -0.4 is 19.7 Å². The van der Waals surface area contributed by atoms with E-state index in [4.69, 9.17) is 18.9 Å². The number of rotatable bonds is 7. The van der Waals surface area contributed by atoms with Crippen LogP contribution in [-0.4, -0.2) is 58.7 Å². The zero-order chi connectivity index (χ0) is 24.1. The summed E-state index contributed by atoms with van der Waals surface area (Å²) in [6.45, 7) is 0.120. The van der Waals surface area contributed by atoms with Gasteiger partial charge in [0, 0.05) is 24.7 Å². The van der Waals surface area contributed by atoms with E-state index < -0.39 is 23.8 Å². The average Bonchev–Trinajstić information content (AvgIpc) is 3.23. The Bertz CT molecular complexity index is 1060. The molecule has 1 saturated heterocycles. The molecule has 2 amide bonds. The fourth-order valence-corrected chi connectivity index (χ4v) is 3.54. The Labute approximate surface area is 190 Å². The largest absolute Gasteiger partial charge is 0.497 e. The highest BCUT2D eigenvalue weighted by Crippen LogP contribution is 2.36. The highest BCUT2D eigenvalue weighted by atomic mass is 16.5.